The van der Waals surface area contributed by atoms with Crippen LogP contribution >= 0.6 is 6.60 Å². The van der Waals surface area contributed by atoms with Gasteiger partial charge in [0.05, 0.1) is 0 Å². The van der Waals surface area contributed by atoms with Crippen molar-refractivity contribution in [3.05, 3.63) is 0 Å². The molecule has 1 unspecified atom stereocenters. The molecule has 0 aromatic carbocycles. The van der Waals surface area contributed by atoms with Gasteiger partial charge in [-0.05, 0) is 0 Å². The van der Waals surface area contributed by atoms with Crippen LogP contribution in [0.15, 0.2) is 0 Å². The normalized spacial score (nSPS) is 17.1. The Morgan fingerprint density at radius 3 is 1.33 bits per heavy atom. The topological polar surface area (TPSA) is 0 Å². The molecule has 0 amide bonds. The van der Waals surface area contributed by atoms with E-state index in [2.05, 4.69) is 41.3 Å². The van der Waals surface area contributed by atoms with Crippen molar-refractivity contribution in [2.45, 2.75) is 66.0 Å². The molecule has 0 N–H and O–H groups in total. The molecule has 0 aliphatic carbocycles. The molecular formula is C14H33P. The van der Waals surface area contributed by atoms with E-state index in [1.807, 2.05) is 0 Å². The van der Waals surface area contributed by atoms with Crippen molar-refractivity contribution in [1.82, 2.24) is 0 Å². The summed E-state index contributed by atoms with van der Waals surface area (Å²) in [6.07, 6.45) is 10.1. The molecule has 0 saturated heterocycles. The van der Waals surface area contributed by atoms with E-state index >= 15 is 0 Å². The van der Waals surface area contributed by atoms with Gasteiger partial charge in [0.2, 0.25) is 0 Å². The molecule has 0 heterocycles. The minimum atomic E-state index is -1.38. The molecule has 0 aromatic rings. The summed E-state index contributed by atoms with van der Waals surface area (Å²) in [5.74, 6) is 0. The van der Waals surface area contributed by atoms with E-state index in [0.717, 1.165) is 5.66 Å². The van der Waals surface area contributed by atoms with Gasteiger partial charge in [-0.1, -0.05) is 0 Å². The second kappa shape index (κ2) is 6.24. The fourth-order valence-corrected chi connectivity index (χ4v) is 10.7. The van der Waals surface area contributed by atoms with Crippen molar-refractivity contribution >= 4 is 6.60 Å². The van der Waals surface area contributed by atoms with Crippen LogP contribution in [0.5, 0.6) is 0 Å². The first-order valence-electron chi connectivity index (χ1n) is 6.97. The van der Waals surface area contributed by atoms with Crippen molar-refractivity contribution in [1.29, 1.82) is 0 Å². The molecule has 94 valence electrons. The van der Waals surface area contributed by atoms with Crippen molar-refractivity contribution in [3.8, 4) is 0 Å². The Bertz CT molecular complexity index is 154. The molecular weight excluding hydrogens is 199 g/mol. The van der Waals surface area contributed by atoms with Crippen LogP contribution in [0.3, 0.4) is 0 Å². The van der Waals surface area contributed by atoms with Gasteiger partial charge in [-0.2, -0.15) is 0 Å². The Hall–Kier alpha value is 0.430. The Balaban J connectivity index is 5.03. The van der Waals surface area contributed by atoms with Crippen LogP contribution < -0.4 is 0 Å². The molecule has 0 radical (unpaired) electrons. The zero-order valence-corrected chi connectivity index (χ0v) is 12.9. The number of rotatable bonds is 8. The predicted molar refractivity (Wildman–Crippen MR) is 78.1 cm³/mol. The van der Waals surface area contributed by atoms with Gasteiger partial charge in [-0.15, -0.1) is 0 Å². The third kappa shape index (κ3) is 3.45. The van der Waals surface area contributed by atoms with Crippen molar-refractivity contribution in [2.24, 2.45) is 0 Å². The maximum absolute atomic E-state index is 2.70. The zero-order valence-electron chi connectivity index (χ0n) is 12.0. The second-order valence-corrected chi connectivity index (χ2v) is 12.9. The van der Waals surface area contributed by atoms with Crippen molar-refractivity contribution in [3.63, 3.8) is 0 Å². The summed E-state index contributed by atoms with van der Waals surface area (Å²) in [6.45, 7) is 13.4. The predicted octanol–water partition coefficient (Wildman–Crippen LogP) is 5.20. The van der Waals surface area contributed by atoms with Crippen LogP contribution in [0.1, 0.15) is 60.3 Å². The Morgan fingerprint density at radius 1 is 0.800 bits per heavy atom. The third-order valence-electron chi connectivity index (χ3n) is 4.64. The van der Waals surface area contributed by atoms with E-state index in [4.69, 9.17) is 0 Å². The van der Waals surface area contributed by atoms with Crippen LogP contribution in [-0.2, 0) is 0 Å². The van der Waals surface area contributed by atoms with Gasteiger partial charge in [0, 0.05) is 0 Å². The number of hydrogen-bond donors (Lipinski definition) is 0. The summed E-state index contributed by atoms with van der Waals surface area (Å²) < 4.78 is 0. The average molecular weight is 232 g/mol. The van der Waals surface area contributed by atoms with Gasteiger partial charge in [-0.3, -0.25) is 0 Å². The quantitative estimate of drug-likeness (QED) is 0.505. The molecule has 0 aromatic heterocycles. The summed E-state index contributed by atoms with van der Waals surface area (Å²) in [6, 6.07) is 0. The molecule has 0 aliphatic rings. The average Bonchev–Trinajstić information content (AvgIpc) is 2.17. The molecule has 1 atom stereocenters. The Morgan fingerprint density at radius 2 is 1.13 bits per heavy atom. The monoisotopic (exact) mass is 232 g/mol. The van der Waals surface area contributed by atoms with Gasteiger partial charge in [0.1, 0.15) is 0 Å². The van der Waals surface area contributed by atoms with Gasteiger partial charge >= 0.3 is 97.7 Å². The van der Waals surface area contributed by atoms with E-state index < -0.39 is 6.60 Å². The summed E-state index contributed by atoms with van der Waals surface area (Å²) in [7, 11) is 0. The zero-order chi connectivity index (χ0) is 12.0. The molecule has 0 fully saturated rings. The van der Waals surface area contributed by atoms with E-state index in [9.17, 15) is 0 Å². The van der Waals surface area contributed by atoms with E-state index in [1.165, 1.54) is 44.2 Å². The van der Waals surface area contributed by atoms with Gasteiger partial charge in [0.25, 0.3) is 0 Å². The first-order chi connectivity index (χ1) is 6.97. The van der Waals surface area contributed by atoms with Crippen LogP contribution in [0.25, 0.3) is 0 Å². The second-order valence-electron chi connectivity index (χ2n) is 5.85. The Labute approximate surface area is 98.2 Å². The summed E-state index contributed by atoms with van der Waals surface area (Å²) >= 11 is 0. The molecule has 0 rings (SSSR count). The molecule has 0 nitrogen and oxygen atoms in total. The molecule has 1 heteroatoms. The van der Waals surface area contributed by atoms with E-state index in [1.54, 1.807) is 0 Å². The van der Waals surface area contributed by atoms with Gasteiger partial charge in [0.15, 0.2) is 0 Å². The van der Waals surface area contributed by atoms with Crippen LogP contribution in [0, 0.1) is 0 Å². The molecule has 15 heavy (non-hydrogen) atoms. The van der Waals surface area contributed by atoms with Crippen LogP contribution in [0.2, 0.25) is 0 Å². The van der Waals surface area contributed by atoms with Crippen LogP contribution in [-0.4, -0.2) is 30.8 Å². The first-order valence-corrected chi connectivity index (χ1v) is 10.3. The van der Waals surface area contributed by atoms with E-state index in [-0.39, 0.29) is 0 Å². The molecule has 0 aliphatic heterocycles. The first kappa shape index (κ1) is 15.4. The van der Waals surface area contributed by atoms with Crippen molar-refractivity contribution < 1.29 is 0 Å². The van der Waals surface area contributed by atoms with Crippen molar-refractivity contribution in [2.75, 3.05) is 25.2 Å². The molecule has 0 saturated carbocycles. The fourth-order valence-electron chi connectivity index (χ4n) is 3.57. The Kier molecular flexibility index (Phi) is 6.41. The van der Waals surface area contributed by atoms with Gasteiger partial charge in [-0.25, -0.2) is 0 Å². The SMILES string of the molecule is CCCP(C)(CCC)(CCC)C(C)CC. The molecule has 0 bridgehead atoms. The minimum absolute atomic E-state index is 0.982. The third-order valence-corrected chi connectivity index (χ3v) is 13.1. The standard InChI is InChI=1S/C14H33P/c1-7-11-15(6,12-8-2,13-9-3)14(5)10-4/h14H,7-13H2,1-6H3. The maximum atomic E-state index is 2.70. The summed E-state index contributed by atoms with van der Waals surface area (Å²) in [4.78, 5) is 0. The van der Waals surface area contributed by atoms with Crippen LogP contribution in [0.4, 0.5) is 0 Å². The summed E-state index contributed by atoms with van der Waals surface area (Å²) in [5, 5.41) is 0. The van der Waals surface area contributed by atoms with Gasteiger partial charge < -0.3 is 0 Å². The molecule has 0 spiro atoms. The fraction of sp³-hybridized carbons (Fsp3) is 1.00. The number of hydrogen-bond acceptors (Lipinski definition) is 0. The van der Waals surface area contributed by atoms with E-state index in [0.29, 0.717) is 0 Å². The summed E-state index contributed by atoms with van der Waals surface area (Å²) in [5.41, 5.74) is 0.982.